The first kappa shape index (κ1) is 25.6. The molecular formula is C23H28F3N3O5S. The number of sulfonamides is 1. The normalized spacial score (nSPS) is 26.3. The molecule has 192 valence electrons. The second-order valence-electron chi connectivity index (χ2n) is 9.13. The van der Waals surface area contributed by atoms with Crippen molar-refractivity contribution in [2.24, 2.45) is 5.92 Å². The van der Waals surface area contributed by atoms with Crippen molar-refractivity contribution in [1.82, 2.24) is 14.5 Å². The summed E-state index contributed by atoms with van der Waals surface area (Å²) in [5.41, 5.74) is -0.968. The largest absolute Gasteiger partial charge is 0.416 e. The van der Waals surface area contributed by atoms with Crippen LogP contribution in [0.4, 0.5) is 13.2 Å². The number of piperidine rings is 2. The van der Waals surface area contributed by atoms with Gasteiger partial charge in [0, 0.05) is 31.7 Å². The molecule has 35 heavy (non-hydrogen) atoms. The molecule has 3 unspecified atom stereocenters. The van der Waals surface area contributed by atoms with Gasteiger partial charge in [0.15, 0.2) is 0 Å². The predicted molar refractivity (Wildman–Crippen MR) is 121 cm³/mol. The van der Waals surface area contributed by atoms with Crippen LogP contribution in [-0.2, 0) is 25.7 Å². The molecule has 8 nitrogen and oxygen atoms in total. The van der Waals surface area contributed by atoms with Gasteiger partial charge in [-0.25, -0.2) is 8.42 Å². The first-order valence-electron chi connectivity index (χ1n) is 11.5. The molecule has 0 radical (unpaired) electrons. The van der Waals surface area contributed by atoms with Crippen LogP contribution in [0, 0.1) is 5.92 Å². The van der Waals surface area contributed by atoms with Gasteiger partial charge in [0.25, 0.3) is 5.91 Å². The Morgan fingerprint density at radius 2 is 1.86 bits per heavy atom. The summed E-state index contributed by atoms with van der Waals surface area (Å²) in [5.74, 6) is -0.729. The fourth-order valence-electron chi connectivity index (χ4n) is 5.02. The second kappa shape index (κ2) is 9.90. The van der Waals surface area contributed by atoms with Crippen LogP contribution in [0.25, 0.3) is 0 Å². The van der Waals surface area contributed by atoms with Crippen LogP contribution < -0.4 is 5.32 Å². The molecule has 1 aromatic carbocycles. The van der Waals surface area contributed by atoms with E-state index in [2.05, 4.69) is 11.9 Å². The van der Waals surface area contributed by atoms with Crippen LogP contribution in [0.1, 0.15) is 41.6 Å². The minimum absolute atomic E-state index is 0.0697. The summed E-state index contributed by atoms with van der Waals surface area (Å²) in [6.45, 7) is 4.26. The number of hydrogen-bond donors (Lipinski definition) is 1. The summed E-state index contributed by atoms with van der Waals surface area (Å²) < 4.78 is 72.8. The summed E-state index contributed by atoms with van der Waals surface area (Å²) in [6, 6.07) is 4.25. The highest BCUT2D eigenvalue weighted by Crippen LogP contribution is 2.35. The molecule has 3 atom stereocenters. The van der Waals surface area contributed by atoms with Crippen LogP contribution in [0.5, 0.6) is 0 Å². The first-order chi connectivity index (χ1) is 16.5. The zero-order valence-electron chi connectivity index (χ0n) is 19.0. The van der Waals surface area contributed by atoms with Crippen LogP contribution in [0.3, 0.4) is 0 Å². The molecule has 0 spiro atoms. The number of fused-ring (bicyclic) bond motifs is 1. The summed E-state index contributed by atoms with van der Waals surface area (Å²) in [6.07, 6.45) is -2.52. The number of likely N-dealkylation sites (tertiary alicyclic amines) is 1. The van der Waals surface area contributed by atoms with Crippen molar-refractivity contribution < 1.29 is 35.9 Å². The average Bonchev–Trinajstić information content (AvgIpc) is 3.24. The van der Waals surface area contributed by atoms with E-state index in [1.165, 1.54) is 21.3 Å². The lowest BCUT2D eigenvalue weighted by Crippen LogP contribution is -2.51. The van der Waals surface area contributed by atoms with Gasteiger partial charge < -0.3 is 15.0 Å². The molecule has 0 bridgehead atoms. The number of carbonyl (C=O) groups is 2. The minimum atomic E-state index is -4.55. The molecule has 3 fully saturated rings. The molecule has 12 heteroatoms. The molecule has 3 saturated heterocycles. The Bertz CT molecular complexity index is 1090. The summed E-state index contributed by atoms with van der Waals surface area (Å²) in [7, 11) is -3.65. The molecule has 2 amide bonds. The smallest absolute Gasteiger partial charge is 0.354 e. The highest BCUT2D eigenvalue weighted by Gasteiger charge is 2.45. The maximum Gasteiger partial charge on any atom is 0.416 e. The Labute approximate surface area is 202 Å². The van der Waals surface area contributed by atoms with E-state index in [0.717, 1.165) is 18.2 Å². The van der Waals surface area contributed by atoms with E-state index in [0.29, 0.717) is 19.4 Å². The van der Waals surface area contributed by atoms with Crippen molar-refractivity contribution in [2.45, 2.75) is 49.4 Å². The fraction of sp³-hybridized carbons (Fsp3) is 0.565. The molecule has 1 aromatic rings. The molecule has 0 saturated carbocycles. The third-order valence-corrected chi connectivity index (χ3v) is 9.32. The number of amides is 2. The monoisotopic (exact) mass is 515 g/mol. The van der Waals surface area contributed by atoms with E-state index in [1.807, 2.05) is 0 Å². The quantitative estimate of drug-likeness (QED) is 0.608. The van der Waals surface area contributed by atoms with Crippen LogP contribution >= 0.6 is 0 Å². The van der Waals surface area contributed by atoms with E-state index >= 15 is 0 Å². The third-order valence-electron chi connectivity index (χ3n) is 6.95. The Kier molecular flexibility index (Phi) is 7.26. The summed E-state index contributed by atoms with van der Waals surface area (Å²) in [5, 5.41) is 2.02. The number of carbonyl (C=O) groups excluding carboxylic acids is 2. The number of halogens is 3. The maximum atomic E-state index is 13.3. The van der Waals surface area contributed by atoms with E-state index in [4.69, 9.17) is 4.74 Å². The van der Waals surface area contributed by atoms with E-state index < -0.39 is 39.1 Å². The van der Waals surface area contributed by atoms with Gasteiger partial charge >= 0.3 is 6.18 Å². The van der Waals surface area contributed by atoms with Crippen molar-refractivity contribution >= 4 is 21.8 Å². The average molecular weight is 516 g/mol. The number of nitrogens with one attached hydrogen (secondary N) is 1. The van der Waals surface area contributed by atoms with E-state index in [1.54, 1.807) is 0 Å². The number of hydrogen-bond acceptors (Lipinski definition) is 5. The summed E-state index contributed by atoms with van der Waals surface area (Å²) in [4.78, 5) is 25.7. The standard InChI is InChI=1S/C23H28F3N3O5S/c1-2-20(30)27-21-13-15-6-11-29(14-19(15)34-21)35(32,33)18-7-9-28(10-8-18)22(31)16-4-3-5-17(12-16)23(24,25)26/h2-5,12,15,18-19,21H,1,6-11,13-14H2,(H,27,30). The molecule has 0 aliphatic carbocycles. The number of benzene rings is 1. The molecule has 3 aliphatic heterocycles. The maximum absolute atomic E-state index is 13.3. The van der Waals surface area contributed by atoms with Crippen molar-refractivity contribution in [3.05, 3.63) is 48.0 Å². The SMILES string of the molecule is C=CC(=O)NC1CC2CCN(S(=O)(=O)C3CCN(C(=O)c4cccc(C(F)(F)F)c4)CC3)CC2O1. The van der Waals surface area contributed by atoms with Crippen LogP contribution in [0.15, 0.2) is 36.9 Å². The Morgan fingerprint density at radius 1 is 1.14 bits per heavy atom. The van der Waals surface area contributed by atoms with Crippen molar-refractivity contribution in [2.75, 3.05) is 26.2 Å². The van der Waals surface area contributed by atoms with Gasteiger partial charge in [-0.2, -0.15) is 17.5 Å². The number of rotatable bonds is 5. The summed E-state index contributed by atoms with van der Waals surface area (Å²) >= 11 is 0. The van der Waals surface area contributed by atoms with Gasteiger partial charge in [0.05, 0.1) is 16.9 Å². The molecule has 3 aliphatic rings. The Morgan fingerprint density at radius 3 is 2.51 bits per heavy atom. The lowest BCUT2D eigenvalue weighted by molar-refractivity contribution is -0.137. The van der Waals surface area contributed by atoms with Gasteiger partial charge in [-0.1, -0.05) is 12.6 Å². The first-order valence-corrected chi connectivity index (χ1v) is 13.0. The van der Waals surface area contributed by atoms with Gasteiger partial charge in [-0.3, -0.25) is 9.59 Å². The Hall–Kier alpha value is -2.44. The highest BCUT2D eigenvalue weighted by atomic mass is 32.2. The van der Waals surface area contributed by atoms with Crippen LogP contribution in [-0.4, -0.2) is 73.2 Å². The van der Waals surface area contributed by atoms with Gasteiger partial charge in [-0.05, 0) is 55.9 Å². The lowest BCUT2D eigenvalue weighted by Gasteiger charge is -2.38. The zero-order valence-corrected chi connectivity index (χ0v) is 19.9. The third kappa shape index (κ3) is 5.54. The molecule has 4 rings (SSSR count). The molecule has 0 aromatic heterocycles. The van der Waals surface area contributed by atoms with E-state index in [9.17, 15) is 31.2 Å². The van der Waals surface area contributed by atoms with Gasteiger partial charge in [0.1, 0.15) is 6.23 Å². The number of nitrogens with zero attached hydrogens (tertiary/aromatic N) is 2. The van der Waals surface area contributed by atoms with Crippen molar-refractivity contribution in [1.29, 1.82) is 0 Å². The topological polar surface area (TPSA) is 96.0 Å². The predicted octanol–water partition coefficient (Wildman–Crippen LogP) is 2.38. The van der Waals surface area contributed by atoms with Gasteiger partial charge in [0.2, 0.25) is 15.9 Å². The number of alkyl halides is 3. The van der Waals surface area contributed by atoms with Crippen LogP contribution in [0.2, 0.25) is 0 Å². The minimum Gasteiger partial charge on any atom is -0.354 e. The van der Waals surface area contributed by atoms with E-state index in [-0.39, 0.29) is 56.0 Å². The van der Waals surface area contributed by atoms with Crippen molar-refractivity contribution in [3.8, 4) is 0 Å². The molecule has 3 heterocycles. The zero-order chi connectivity index (χ0) is 25.4. The highest BCUT2D eigenvalue weighted by molar-refractivity contribution is 7.89. The lowest BCUT2D eigenvalue weighted by atomic mass is 9.94. The Balaban J connectivity index is 1.34. The van der Waals surface area contributed by atoms with Crippen molar-refractivity contribution in [3.63, 3.8) is 0 Å². The van der Waals surface area contributed by atoms with Gasteiger partial charge in [-0.15, -0.1) is 0 Å². The molecule has 1 N–H and O–H groups in total. The fourth-order valence-corrected chi connectivity index (χ4v) is 6.97. The second-order valence-corrected chi connectivity index (χ2v) is 11.3. The number of ether oxygens (including phenoxy) is 1. The molecular weight excluding hydrogens is 487 g/mol.